The van der Waals surface area contributed by atoms with E-state index in [4.69, 9.17) is 4.74 Å². The number of esters is 1. The summed E-state index contributed by atoms with van der Waals surface area (Å²) in [5, 5.41) is 0. The zero-order valence-electron chi connectivity index (χ0n) is 7.31. The molecule has 2 nitrogen and oxygen atoms in total. The molecule has 1 aliphatic rings. The molecule has 0 fully saturated rings. The molecule has 0 aromatic carbocycles. The highest BCUT2D eigenvalue weighted by Gasteiger charge is 2.27. The normalized spacial score (nSPS) is 18.1. The zero-order valence-corrected chi connectivity index (χ0v) is 7.31. The van der Waals surface area contributed by atoms with E-state index < -0.39 is 0 Å². The number of hydrogen-bond acceptors (Lipinski definition) is 2. The maximum absolute atomic E-state index is 10.7. The van der Waals surface area contributed by atoms with Crippen molar-refractivity contribution in [2.75, 3.05) is 0 Å². The van der Waals surface area contributed by atoms with Gasteiger partial charge < -0.3 is 4.74 Å². The summed E-state index contributed by atoms with van der Waals surface area (Å²) < 4.78 is 4.75. The average Bonchev–Trinajstić information content (AvgIpc) is 2.36. The number of ether oxygens (including phenoxy) is 1. The molecule has 1 heterocycles. The number of rotatable bonds is 2. The van der Waals surface area contributed by atoms with Gasteiger partial charge in [-0.3, -0.25) is 4.79 Å². The molecule has 11 heavy (non-hydrogen) atoms. The third-order valence-corrected chi connectivity index (χ3v) is 2.42. The van der Waals surface area contributed by atoms with Crippen LogP contribution in [0.1, 0.15) is 33.6 Å². The molecule has 1 rings (SSSR count). The standard InChI is InChI=1S/C9H14O2/c1-4-9(2,3)7-5-8(10)11-6-7/h6H,4-5H2,1-3H3. The molecule has 0 N–H and O–H groups in total. The molecule has 0 saturated heterocycles. The Kier molecular flexibility index (Phi) is 2.03. The second-order valence-electron chi connectivity index (χ2n) is 3.55. The van der Waals surface area contributed by atoms with E-state index >= 15 is 0 Å². The van der Waals surface area contributed by atoms with Gasteiger partial charge in [-0.2, -0.15) is 0 Å². The minimum atomic E-state index is -0.124. The Balaban J connectivity index is 2.69. The van der Waals surface area contributed by atoms with E-state index in [-0.39, 0.29) is 11.4 Å². The molecular weight excluding hydrogens is 140 g/mol. The second kappa shape index (κ2) is 2.68. The molecule has 0 spiro atoms. The van der Waals surface area contributed by atoms with Crippen LogP contribution in [0.2, 0.25) is 0 Å². The Hall–Kier alpha value is -0.790. The van der Waals surface area contributed by atoms with E-state index in [1.54, 1.807) is 6.26 Å². The fraction of sp³-hybridized carbons (Fsp3) is 0.667. The van der Waals surface area contributed by atoms with Crippen LogP contribution in [0.4, 0.5) is 0 Å². The van der Waals surface area contributed by atoms with E-state index in [2.05, 4.69) is 20.8 Å². The van der Waals surface area contributed by atoms with Crippen LogP contribution in [-0.2, 0) is 9.53 Å². The number of carbonyl (C=O) groups is 1. The Morgan fingerprint density at radius 2 is 2.27 bits per heavy atom. The number of hydrogen-bond donors (Lipinski definition) is 0. The Morgan fingerprint density at radius 3 is 2.64 bits per heavy atom. The van der Waals surface area contributed by atoms with Gasteiger partial charge in [0.2, 0.25) is 0 Å². The van der Waals surface area contributed by atoms with E-state index in [1.807, 2.05) is 0 Å². The van der Waals surface area contributed by atoms with E-state index in [1.165, 1.54) is 0 Å². The van der Waals surface area contributed by atoms with Crippen molar-refractivity contribution in [1.82, 2.24) is 0 Å². The van der Waals surface area contributed by atoms with Gasteiger partial charge in [0, 0.05) is 0 Å². The number of cyclic esters (lactones) is 1. The third kappa shape index (κ3) is 1.62. The van der Waals surface area contributed by atoms with Crippen molar-refractivity contribution in [1.29, 1.82) is 0 Å². The SMILES string of the molecule is CCC(C)(C)C1=COC(=O)C1. The van der Waals surface area contributed by atoms with Gasteiger partial charge in [-0.15, -0.1) is 0 Å². The monoisotopic (exact) mass is 154 g/mol. The topological polar surface area (TPSA) is 26.3 Å². The molecule has 2 heteroatoms. The maximum atomic E-state index is 10.7. The maximum Gasteiger partial charge on any atom is 0.314 e. The van der Waals surface area contributed by atoms with Crippen molar-refractivity contribution in [3.05, 3.63) is 11.8 Å². The highest BCUT2D eigenvalue weighted by Crippen LogP contribution is 2.34. The molecule has 1 aliphatic heterocycles. The van der Waals surface area contributed by atoms with Crippen LogP contribution in [0.25, 0.3) is 0 Å². The summed E-state index contributed by atoms with van der Waals surface area (Å²) in [6.07, 6.45) is 3.11. The minimum Gasteiger partial charge on any atom is -0.434 e. The van der Waals surface area contributed by atoms with Crippen molar-refractivity contribution < 1.29 is 9.53 Å². The molecule has 0 amide bonds. The lowest BCUT2D eigenvalue weighted by Crippen LogP contribution is -2.12. The van der Waals surface area contributed by atoms with E-state index in [9.17, 15) is 4.79 Å². The third-order valence-electron chi connectivity index (χ3n) is 2.42. The van der Waals surface area contributed by atoms with Gasteiger partial charge in [-0.25, -0.2) is 0 Å². The van der Waals surface area contributed by atoms with Crippen LogP contribution in [0.15, 0.2) is 11.8 Å². The number of carbonyl (C=O) groups excluding carboxylic acids is 1. The highest BCUT2D eigenvalue weighted by atomic mass is 16.5. The van der Waals surface area contributed by atoms with Crippen molar-refractivity contribution in [3.8, 4) is 0 Å². The average molecular weight is 154 g/mol. The van der Waals surface area contributed by atoms with Crippen LogP contribution >= 0.6 is 0 Å². The van der Waals surface area contributed by atoms with Crippen LogP contribution < -0.4 is 0 Å². The van der Waals surface area contributed by atoms with E-state index in [0.29, 0.717) is 6.42 Å². The largest absolute Gasteiger partial charge is 0.434 e. The molecule has 0 aliphatic carbocycles. The van der Waals surface area contributed by atoms with Crippen LogP contribution in [0.3, 0.4) is 0 Å². The molecule has 0 saturated carbocycles. The second-order valence-corrected chi connectivity index (χ2v) is 3.55. The van der Waals surface area contributed by atoms with Crippen LogP contribution in [0.5, 0.6) is 0 Å². The minimum absolute atomic E-state index is 0.117. The summed E-state index contributed by atoms with van der Waals surface area (Å²) >= 11 is 0. The molecule has 0 radical (unpaired) electrons. The van der Waals surface area contributed by atoms with E-state index in [0.717, 1.165) is 12.0 Å². The Morgan fingerprint density at radius 1 is 1.64 bits per heavy atom. The molecule has 62 valence electrons. The first-order valence-corrected chi connectivity index (χ1v) is 3.95. The summed E-state index contributed by atoms with van der Waals surface area (Å²) in [6, 6.07) is 0. The first-order chi connectivity index (χ1) is 5.06. The van der Waals surface area contributed by atoms with Crippen molar-refractivity contribution in [2.45, 2.75) is 33.6 Å². The van der Waals surface area contributed by atoms with Crippen molar-refractivity contribution in [2.24, 2.45) is 5.41 Å². The van der Waals surface area contributed by atoms with Gasteiger partial charge >= 0.3 is 5.97 Å². The Labute approximate surface area is 67.2 Å². The lowest BCUT2D eigenvalue weighted by molar-refractivity contribution is -0.135. The van der Waals surface area contributed by atoms with Gasteiger partial charge in [0.15, 0.2) is 0 Å². The van der Waals surface area contributed by atoms with Crippen LogP contribution in [0, 0.1) is 5.41 Å². The molecule has 0 atom stereocenters. The summed E-state index contributed by atoms with van der Waals surface area (Å²) in [6.45, 7) is 6.37. The summed E-state index contributed by atoms with van der Waals surface area (Å²) in [7, 11) is 0. The summed E-state index contributed by atoms with van der Waals surface area (Å²) in [4.78, 5) is 10.7. The molecule has 0 unspecified atom stereocenters. The van der Waals surface area contributed by atoms with Gasteiger partial charge in [-0.05, 0) is 17.4 Å². The summed E-state index contributed by atoms with van der Waals surface area (Å²) in [5.74, 6) is -0.124. The Bertz CT molecular complexity index is 202. The summed E-state index contributed by atoms with van der Waals surface area (Å²) in [5.41, 5.74) is 1.23. The van der Waals surface area contributed by atoms with Gasteiger partial charge in [0.05, 0.1) is 12.7 Å². The lowest BCUT2D eigenvalue weighted by Gasteiger charge is -2.22. The molecule has 0 bridgehead atoms. The van der Waals surface area contributed by atoms with Gasteiger partial charge in [0.1, 0.15) is 0 Å². The van der Waals surface area contributed by atoms with Crippen molar-refractivity contribution >= 4 is 5.97 Å². The van der Waals surface area contributed by atoms with Crippen molar-refractivity contribution in [3.63, 3.8) is 0 Å². The first kappa shape index (κ1) is 8.31. The lowest BCUT2D eigenvalue weighted by atomic mass is 9.81. The van der Waals surface area contributed by atoms with Gasteiger partial charge in [-0.1, -0.05) is 20.8 Å². The van der Waals surface area contributed by atoms with Gasteiger partial charge in [0.25, 0.3) is 0 Å². The quantitative estimate of drug-likeness (QED) is 0.570. The smallest absolute Gasteiger partial charge is 0.314 e. The predicted octanol–water partition coefficient (Wildman–Crippen LogP) is 2.25. The highest BCUT2D eigenvalue weighted by molar-refractivity contribution is 5.76. The molecular formula is C9H14O2. The predicted molar refractivity (Wildman–Crippen MR) is 42.9 cm³/mol. The molecule has 0 aromatic rings. The first-order valence-electron chi connectivity index (χ1n) is 3.95. The zero-order chi connectivity index (χ0) is 8.48. The van der Waals surface area contributed by atoms with Crippen LogP contribution in [-0.4, -0.2) is 5.97 Å². The molecule has 0 aromatic heterocycles. The fourth-order valence-corrected chi connectivity index (χ4v) is 1.00. The fourth-order valence-electron chi connectivity index (χ4n) is 1.00.